The highest BCUT2D eigenvalue weighted by Crippen LogP contribution is 2.29. The molecule has 0 saturated carbocycles. The lowest BCUT2D eigenvalue weighted by Crippen LogP contribution is -2.29. The number of halogens is 1. The Morgan fingerprint density at radius 2 is 1.62 bits per heavy atom. The molecule has 0 aliphatic rings. The summed E-state index contributed by atoms with van der Waals surface area (Å²) in [7, 11) is -0.595. The van der Waals surface area contributed by atoms with Gasteiger partial charge in [-0.15, -0.1) is 0 Å². The van der Waals surface area contributed by atoms with E-state index in [1.54, 1.807) is 30.3 Å². The van der Waals surface area contributed by atoms with Crippen LogP contribution in [0, 0.1) is 5.82 Å². The first kappa shape index (κ1) is 23.1. The smallest absolute Gasteiger partial charge is 0.255 e. The normalized spacial score (nSPS) is 11.0. The van der Waals surface area contributed by atoms with Crippen molar-refractivity contribution in [3.8, 4) is 11.5 Å². The first-order valence-corrected chi connectivity index (χ1v) is 11.4. The van der Waals surface area contributed by atoms with Crippen LogP contribution in [0.4, 0.5) is 15.8 Å². The van der Waals surface area contributed by atoms with Crippen LogP contribution in [-0.4, -0.2) is 34.8 Å². The second kappa shape index (κ2) is 9.69. The van der Waals surface area contributed by atoms with Gasteiger partial charge < -0.3 is 14.8 Å². The van der Waals surface area contributed by atoms with Crippen LogP contribution >= 0.6 is 0 Å². The fourth-order valence-corrected chi connectivity index (χ4v) is 3.92. The number of anilines is 2. The zero-order chi connectivity index (χ0) is 23.3. The van der Waals surface area contributed by atoms with Crippen LogP contribution < -0.4 is 19.1 Å². The molecular formula is C23H23FN2O5S. The molecular weight excluding hydrogens is 435 g/mol. The van der Waals surface area contributed by atoms with Crippen molar-refractivity contribution >= 4 is 27.3 Å². The zero-order valence-electron chi connectivity index (χ0n) is 17.8. The highest BCUT2D eigenvalue weighted by Gasteiger charge is 2.19. The quantitative estimate of drug-likeness (QED) is 0.550. The molecule has 9 heteroatoms. The van der Waals surface area contributed by atoms with Gasteiger partial charge in [-0.05, 0) is 54.1 Å². The van der Waals surface area contributed by atoms with Crippen LogP contribution in [0.3, 0.4) is 0 Å². The molecule has 0 heterocycles. The number of rotatable bonds is 8. The number of nitrogens with one attached hydrogen (secondary N) is 1. The van der Waals surface area contributed by atoms with E-state index in [2.05, 4.69) is 5.32 Å². The molecule has 0 unspecified atom stereocenters. The Balaban J connectivity index is 1.80. The summed E-state index contributed by atoms with van der Waals surface area (Å²) in [6, 6.07) is 16.8. The van der Waals surface area contributed by atoms with Gasteiger partial charge in [0.2, 0.25) is 10.0 Å². The van der Waals surface area contributed by atoms with Gasteiger partial charge in [0.15, 0.2) is 0 Å². The van der Waals surface area contributed by atoms with Gasteiger partial charge in [-0.2, -0.15) is 0 Å². The van der Waals surface area contributed by atoms with Gasteiger partial charge in [0.25, 0.3) is 5.91 Å². The number of benzene rings is 3. The summed E-state index contributed by atoms with van der Waals surface area (Å²) < 4.78 is 49.4. The average molecular weight is 459 g/mol. The fraction of sp³-hybridized carbons (Fsp3) is 0.174. The van der Waals surface area contributed by atoms with E-state index in [1.807, 2.05) is 0 Å². The fourth-order valence-electron chi connectivity index (χ4n) is 3.03. The maximum Gasteiger partial charge on any atom is 0.255 e. The van der Waals surface area contributed by atoms with E-state index in [-0.39, 0.29) is 12.5 Å². The first-order valence-electron chi connectivity index (χ1n) is 9.57. The predicted octanol–water partition coefficient (Wildman–Crippen LogP) is 4.06. The van der Waals surface area contributed by atoms with Crippen molar-refractivity contribution in [3.05, 3.63) is 83.7 Å². The van der Waals surface area contributed by atoms with Gasteiger partial charge in [0.1, 0.15) is 17.3 Å². The molecule has 0 atom stereocenters. The number of hydrogen-bond acceptors (Lipinski definition) is 5. The largest absolute Gasteiger partial charge is 0.497 e. The Hall–Kier alpha value is -3.59. The molecule has 0 spiro atoms. The van der Waals surface area contributed by atoms with Crippen LogP contribution in [0.25, 0.3) is 0 Å². The predicted molar refractivity (Wildman–Crippen MR) is 121 cm³/mol. The van der Waals surface area contributed by atoms with Gasteiger partial charge in [-0.25, -0.2) is 12.8 Å². The van der Waals surface area contributed by atoms with E-state index in [9.17, 15) is 17.6 Å². The van der Waals surface area contributed by atoms with Crippen molar-refractivity contribution in [2.45, 2.75) is 6.54 Å². The average Bonchev–Trinajstić information content (AvgIpc) is 2.78. The second-order valence-corrected chi connectivity index (χ2v) is 8.87. The van der Waals surface area contributed by atoms with Crippen molar-refractivity contribution in [1.82, 2.24) is 0 Å². The summed E-state index contributed by atoms with van der Waals surface area (Å²) in [5.74, 6) is 0.246. The zero-order valence-corrected chi connectivity index (χ0v) is 18.6. The third-order valence-electron chi connectivity index (χ3n) is 4.71. The van der Waals surface area contributed by atoms with Crippen molar-refractivity contribution < 1.29 is 27.1 Å². The SMILES string of the molecule is COc1ccc(NC(=O)c2ccc(N(Cc3ccc(F)cc3)S(C)(=O)=O)cc2)c(OC)c1. The second-order valence-electron chi connectivity index (χ2n) is 6.96. The summed E-state index contributed by atoms with van der Waals surface area (Å²) >= 11 is 0. The number of nitrogens with zero attached hydrogens (tertiary/aromatic N) is 1. The summed E-state index contributed by atoms with van der Waals surface area (Å²) in [6.45, 7) is 0.0354. The Kier molecular flexibility index (Phi) is 6.99. The number of carbonyl (C=O) groups excluding carboxylic acids is 1. The summed E-state index contributed by atoms with van der Waals surface area (Å²) in [4.78, 5) is 12.7. The Morgan fingerprint density at radius 3 is 2.19 bits per heavy atom. The van der Waals surface area contributed by atoms with Crippen LogP contribution in [0.1, 0.15) is 15.9 Å². The molecule has 0 aliphatic carbocycles. The molecule has 0 fully saturated rings. The van der Waals surface area contributed by atoms with E-state index in [4.69, 9.17) is 9.47 Å². The molecule has 1 N–H and O–H groups in total. The van der Waals surface area contributed by atoms with Crippen molar-refractivity contribution in [2.75, 3.05) is 30.1 Å². The van der Waals surface area contributed by atoms with Gasteiger partial charge >= 0.3 is 0 Å². The van der Waals surface area contributed by atoms with Crippen LogP contribution in [0.15, 0.2) is 66.7 Å². The molecule has 1 amide bonds. The van der Waals surface area contributed by atoms with Crippen LogP contribution in [0.2, 0.25) is 0 Å². The summed E-state index contributed by atoms with van der Waals surface area (Å²) in [6.07, 6.45) is 1.09. The van der Waals surface area contributed by atoms with E-state index in [0.29, 0.717) is 34.0 Å². The minimum absolute atomic E-state index is 0.0354. The van der Waals surface area contributed by atoms with Crippen molar-refractivity contribution in [1.29, 1.82) is 0 Å². The Labute approximate surface area is 186 Å². The molecule has 32 heavy (non-hydrogen) atoms. The minimum atomic E-state index is -3.61. The number of hydrogen-bond donors (Lipinski definition) is 1. The molecule has 0 radical (unpaired) electrons. The lowest BCUT2D eigenvalue weighted by molar-refractivity contribution is 0.102. The third-order valence-corrected chi connectivity index (χ3v) is 5.85. The number of ether oxygens (including phenoxy) is 2. The standard InChI is InChI=1S/C23H23FN2O5S/c1-30-20-12-13-21(22(14-20)31-2)25-23(27)17-6-10-19(11-7-17)26(32(3,28)29)15-16-4-8-18(24)9-5-16/h4-14H,15H2,1-3H3,(H,25,27). The molecule has 7 nitrogen and oxygen atoms in total. The maximum absolute atomic E-state index is 13.2. The van der Waals surface area contributed by atoms with E-state index < -0.39 is 15.8 Å². The van der Waals surface area contributed by atoms with Crippen molar-refractivity contribution in [3.63, 3.8) is 0 Å². The molecule has 3 aromatic rings. The highest BCUT2D eigenvalue weighted by atomic mass is 32.2. The summed E-state index contributed by atoms with van der Waals surface area (Å²) in [5.41, 5.74) is 1.82. The Morgan fingerprint density at radius 1 is 0.969 bits per heavy atom. The van der Waals surface area contributed by atoms with Crippen LogP contribution in [-0.2, 0) is 16.6 Å². The molecule has 3 aromatic carbocycles. The van der Waals surface area contributed by atoms with Gasteiger partial charge in [0.05, 0.1) is 38.4 Å². The molecule has 0 saturated heterocycles. The number of amides is 1. The molecule has 0 aliphatic heterocycles. The topological polar surface area (TPSA) is 84.9 Å². The molecule has 0 aromatic heterocycles. The number of sulfonamides is 1. The lowest BCUT2D eigenvalue weighted by atomic mass is 10.1. The molecule has 3 rings (SSSR count). The summed E-state index contributed by atoms with van der Waals surface area (Å²) in [5, 5.41) is 2.77. The van der Waals surface area contributed by atoms with Gasteiger partial charge in [-0.1, -0.05) is 12.1 Å². The minimum Gasteiger partial charge on any atom is -0.497 e. The van der Waals surface area contributed by atoms with E-state index in [0.717, 1.165) is 6.26 Å². The van der Waals surface area contributed by atoms with Crippen molar-refractivity contribution in [2.24, 2.45) is 0 Å². The van der Waals surface area contributed by atoms with E-state index >= 15 is 0 Å². The lowest BCUT2D eigenvalue weighted by Gasteiger charge is -2.23. The monoisotopic (exact) mass is 458 g/mol. The first-order chi connectivity index (χ1) is 15.2. The Bertz CT molecular complexity index is 1200. The van der Waals surface area contributed by atoms with Gasteiger partial charge in [0, 0.05) is 11.6 Å². The maximum atomic E-state index is 13.2. The number of carbonyl (C=O) groups is 1. The molecule has 168 valence electrons. The van der Waals surface area contributed by atoms with Crippen LogP contribution in [0.5, 0.6) is 11.5 Å². The number of methoxy groups -OCH3 is 2. The van der Waals surface area contributed by atoms with E-state index in [1.165, 1.54) is 54.9 Å². The van der Waals surface area contributed by atoms with Gasteiger partial charge in [-0.3, -0.25) is 9.10 Å². The highest BCUT2D eigenvalue weighted by molar-refractivity contribution is 7.92. The third kappa shape index (κ3) is 5.55. The molecule has 0 bridgehead atoms.